The molecule has 0 radical (unpaired) electrons. The van der Waals surface area contributed by atoms with Crippen LogP contribution >= 0.6 is 0 Å². The van der Waals surface area contributed by atoms with Crippen LogP contribution in [0.2, 0.25) is 0 Å². The third-order valence-electron chi connectivity index (χ3n) is 2.96. The molecule has 1 amide bonds. The molecule has 1 aliphatic heterocycles. The number of halogens is 3. The quantitative estimate of drug-likeness (QED) is 0.870. The van der Waals surface area contributed by atoms with Crippen molar-refractivity contribution >= 4 is 6.09 Å². The van der Waals surface area contributed by atoms with Gasteiger partial charge >= 0.3 is 12.3 Å². The summed E-state index contributed by atoms with van der Waals surface area (Å²) in [5, 5.41) is 3.15. The molecule has 4 nitrogen and oxygen atoms in total. The van der Waals surface area contributed by atoms with Crippen LogP contribution in [-0.4, -0.2) is 48.9 Å². The highest BCUT2D eigenvalue weighted by molar-refractivity contribution is 5.68. The minimum Gasteiger partial charge on any atom is -0.444 e. The number of carbonyl (C=O) groups excluding carboxylic acids is 1. The fourth-order valence-electron chi connectivity index (χ4n) is 2.12. The lowest BCUT2D eigenvalue weighted by molar-refractivity contribution is -0.145. The maximum atomic E-state index is 12.6. The predicted octanol–water partition coefficient (Wildman–Crippen LogP) is 2.79. The molecule has 1 saturated heterocycles. The lowest BCUT2D eigenvalue weighted by atomic mass is 9.97. The fraction of sp³-hybridized carbons (Fsp3) is 0.923. The van der Waals surface area contributed by atoms with Crippen LogP contribution in [0.4, 0.5) is 18.0 Å². The Labute approximate surface area is 117 Å². The van der Waals surface area contributed by atoms with Gasteiger partial charge in [0.2, 0.25) is 0 Å². The van der Waals surface area contributed by atoms with E-state index in [-0.39, 0.29) is 12.5 Å². The first-order valence-corrected chi connectivity index (χ1v) is 6.82. The first-order valence-electron chi connectivity index (χ1n) is 6.82. The van der Waals surface area contributed by atoms with Crippen molar-refractivity contribution in [1.82, 2.24) is 10.2 Å². The minimum absolute atomic E-state index is 0.0890. The number of nitrogens with one attached hydrogen (secondary N) is 1. The largest absolute Gasteiger partial charge is 0.444 e. The zero-order valence-electron chi connectivity index (χ0n) is 12.2. The molecule has 0 unspecified atom stereocenters. The van der Waals surface area contributed by atoms with Gasteiger partial charge in [-0.25, -0.2) is 4.79 Å². The molecule has 1 fully saturated rings. The van der Waals surface area contributed by atoms with Gasteiger partial charge in [-0.05, 0) is 52.6 Å². The lowest BCUT2D eigenvalue weighted by Gasteiger charge is -2.32. The van der Waals surface area contributed by atoms with E-state index in [2.05, 4.69) is 5.32 Å². The molecule has 118 valence electrons. The van der Waals surface area contributed by atoms with Crippen molar-refractivity contribution in [2.45, 2.75) is 45.4 Å². The lowest BCUT2D eigenvalue weighted by Crippen LogP contribution is -2.45. The number of alkyl halides is 3. The van der Waals surface area contributed by atoms with Gasteiger partial charge in [0, 0.05) is 6.54 Å². The van der Waals surface area contributed by atoms with E-state index in [1.165, 1.54) is 0 Å². The number of hydrogen-bond acceptors (Lipinski definition) is 3. The summed E-state index contributed by atoms with van der Waals surface area (Å²) in [6.07, 6.45) is -3.76. The number of hydrogen-bond donors (Lipinski definition) is 1. The van der Waals surface area contributed by atoms with Crippen LogP contribution in [0.25, 0.3) is 0 Å². The normalized spacial score (nSPS) is 17.9. The van der Waals surface area contributed by atoms with E-state index in [1.807, 2.05) is 0 Å². The van der Waals surface area contributed by atoms with E-state index >= 15 is 0 Å². The predicted molar refractivity (Wildman–Crippen MR) is 69.5 cm³/mol. The average molecular weight is 296 g/mol. The van der Waals surface area contributed by atoms with E-state index < -0.39 is 24.4 Å². The second kappa shape index (κ2) is 6.65. The topological polar surface area (TPSA) is 41.6 Å². The maximum absolute atomic E-state index is 12.6. The molecule has 1 heterocycles. The van der Waals surface area contributed by atoms with Crippen molar-refractivity contribution in [3.8, 4) is 0 Å². The summed E-state index contributed by atoms with van der Waals surface area (Å²) in [6, 6.07) is 0. The summed E-state index contributed by atoms with van der Waals surface area (Å²) in [7, 11) is 0. The van der Waals surface area contributed by atoms with Crippen molar-refractivity contribution in [2.75, 3.05) is 26.2 Å². The second-order valence-electron chi connectivity index (χ2n) is 6.17. The van der Waals surface area contributed by atoms with Crippen LogP contribution < -0.4 is 5.32 Å². The summed E-state index contributed by atoms with van der Waals surface area (Å²) in [4.78, 5) is 12.7. The van der Waals surface area contributed by atoms with Gasteiger partial charge in [0.1, 0.15) is 12.1 Å². The van der Waals surface area contributed by atoms with E-state index in [1.54, 1.807) is 20.8 Å². The first kappa shape index (κ1) is 17.1. The first-order chi connectivity index (χ1) is 9.07. The van der Waals surface area contributed by atoms with Gasteiger partial charge in [-0.2, -0.15) is 13.2 Å². The standard InChI is InChI=1S/C13H23F3N2O2/c1-12(2,3)20-11(19)18(9-13(14,15)16)8-10-4-6-17-7-5-10/h10,17H,4-9H2,1-3H3. The number of ether oxygens (including phenoxy) is 1. The number of amides is 1. The van der Waals surface area contributed by atoms with Gasteiger partial charge in [-0.15, -0.1) is 0 Å². The van der Waals surface area contributed by atoms with Crippen LogP contribution in [-0.2, 0) is 4.74 Å². The Morgan fingerprint density at radius 1 is 1.25 bits per heavy atom. The molecule has 0 aromatic heterocycles. The van der Waals surface area contributed by atoms with Crippen LogP contribution in [0.1, 0.15) is 33.6 Å². The van der Waals surface area contributed by atoms with Crippen LogP contribution in [0.3, 0.4) is 0 Å². The van der Waals surface area contributed by atoms with Gasteiger partial charge in [0.05, 0.1) is 0 Å². The smallest absolute Gasteiger partial charge is 0.410 e. The highest BCUT2D eigenvalue weighted by Gasteiger charge is 2.36. The van der Waals surface area contributed by atoms with Gasteiger partial charge in [0.25, 0.3) is 0 Å². The Morgan fingerprint density at radius 3 is 2.25 bits per heavy atom. The van der Waals surface area contributed by atoms with Crippen LogP contribution in [0.15, 0.2) is 0 Å². The molecule has 0 aromatic rings. The Morgan fingerprint density at radius 2 is 1.80 bits per heavy atom. The highest BCUT2D eigenvalue weighted by atomic mass is 19.4. The zero-order valence-corrected chi connectivity index (χ0v) is 12.2. The Hall–Kier alpha value is -0.980. The maximum Gasteiger partial charge on any atom is 0.410 e. The molecule has 0 aliphatic carbocycles. The Balaban J connectivity index is 2.66. The van der Waals surface area contributed by atoms with Crippen molar-refractivity contribution in [3.63, 3.8) is 0 Å². The Bertz CT molecular complexity index is 321. The zero-order chi connectivity index (χ0) is 15.4. The van der Waals surface area contributed by atoms with Gasteiger partial charge in [-0.1, -0.05) is 0 Å². The van der Waals surface area contributed by atoms with Crippen molar-refractivity contribution in [3.05, 3.63) is 0 Å². The van der Waals surface area contributed by atoms with E-state index in [0.717, 1.165) is 30.8 Å². The number of nitrogens with zero attached hydrogens (tertiary/aromatic N) is 1. The summed E-state index contributed by atoms with van der Waals surface area (Å²) in [5.41, 5.74) is -0.797. The van der Waals surface area contributed by atoms with E-state index in [0.29, 0.717) is 0 Å². The third-order valence-corrected chi connectivity index (χ3v) is 2.96. The monoisotopic (exact) mass is 296 g/mol. The molecule has 1 N–H and O–H groups in total. The summed E-state index contributed by atoms with van der Waals surface area (Å²) < 4.78 is 42.8. The molecular formula is C13H23F3N2O2. The van der Waals surface area contributed by atoms with Crippen molar-refractivity contribution in [1.29, 1.82) is 0 Å². The van der Waals surface area contributed by atoms with Crippen LogP contribution in [0, 0.1) is 5.92 Å². The molecule has 0 atom stereocenters. The number of piperidine rings is 1. The van der Waals surface area contributed by atoms with Gasteiger partial charge < -0.3 is 10.1 Å². The molecule has 7 heteroatoms. The average Bonchev–Trinajstić information content (AvgIpc) is 2.25. The van der Waals surface area contributed by atoms with Gasteiger partial charge in [-0.3, -0.25) is 4.90 Å². The molecular weight excluding hydrogens is 273 g/mol. The van der Waals surface area contributed by atoms with E-state index in [4.69, 9.17) is 4.74 Å². The number of carbonyl (C=O) groups is 1. The van der Waals surface area contributed by atoms with Gasteiger partial charge in [0.15, 0.2) is 0 Å². The SMILES string of the molecule is CC(C)(C)OC(=O)N(CC1CCNCC1)CC(F)(F)F. The molecule has 1 rings (SSSR count). The molecule has 1 aliphatic rings. The fourth-order valence-corrected chi connectivity index (χ4v) is 2.12. The van der Waals surface area contributed by atoms with E-state index in [9.17, 15) is 18.0 Å². The Kier molecular flexibility index (Phi) is 5.68. The molecule has 0 aromatic carbocycles. The molecule has 0 bridgehead atoms. The van der Waals surface area contributed by atoms with Crippen molar-refractivity contribution in [2.24, 2.45) is 5.92 Å². The number of rotatable bonds is 3. The third kappa shape index (κ3) is 6.98. The molecule has 0 saturated carbocycles. The molecule has 20 heavy (non-hydrogen) atoms. The van der Waals surface area contributed by atoms with Crippen LogP contribution in [0.5, 0.6) is 0 Å². The summed E-state index contributed by atoms with van der Waals surface area (Å²) in [5.74, 6) is 0.0890. The van der Waals surface area contributed by atoms with Crippen molar-refractivity contribution < 1.29 is 22.7 Å². The summed E-state index contributed by atoms with van der Waals surface area (Å²) in [6.45, 7) is 5.31. The molecule has 0 spiro atoms. The summed E-state index contributed by atoms with van der Waals surface area (Å²) >= 11 is 0. The highest BCUT2D eigenvalue weighted by Crippen LogP contribution is 2.22. The second-order valence-corrected chi connectivity index (χ2v) is 6.17. The minimum atomic E-state index is -4.41.